The number of hydrogen-bond donors (Lipinski definition) is 1. The van der Waals surface area contributed by atoms with E-state index in [0.717, 1.165) is 24.8 Å². The molecule has 0 radical (unpaired) electrons. The van der Waals surface area contributed by atoms with Crippen LogP contribution in [0.5, 0.6) is 0 Å². The van der Waals surface area contributed by atoms with Crippen molar-refractivity contribution in [1.82, 2.24) is 9.71 Å². The number of aryl methyl sites for hydroxylation is 1. The van der Waals surface area contributed by atoms with Gasteiger partial charge in [0.15, 0.2) is 0 Å². The molecular formula is C13H19ClN2OS. The first kappa shape index (κ1) is 14.1. The monoisotopic (exact) mass is 286 g/mol. The fourth-order valence-electron chi connectivity index (χ4n) is 2.09. The lowest BCUT2D eigenvalue weighted by atomic mass is 9.90. The second-order valence-corrected chi connectivity index (χ2v) is 8.03. The zero-order valence-corrected chi connectivity index (χ0v) is 12.6. The molecule has 0 fully saturated rings. The SMILES string of the molecule is CC(C)(C)[S@+]([O-])N[C@H]1CCCc2cnc(Cl)cc21. The average molecular weight is 287 g/mol. The lowest BCUT2D eigenvalue weighted by Gasteiger charge is -2.31. The van der Waals surface area contributed by atoms with E-state index in [9.17, 15) is 4.55 Å². The maximum Gasteiger partial charge on any atom is 0.136 e. The highest BCUT2D eigenvalue weighted by atomic mass is 35.5. The molecule has 0 aliphatic heterocycles. The Morgan fingerprint density at radius 1 is 1.50 bits per heavy atom. The predicted molar refractivity (Wildman–Crippen MR) is 76.0 cm³/mol. The molecule has 5 heteroatoms. The van der Waals surface area contributed by atoms with E-state index in [0.29, 0.717) is 5.15 Å². The molecule has 0 bridgehead atoms. The number of aromatic nitrogens is 1. The molecule has 100 valence electrons. The van der Waals surface area contributed by atoms with E-state index in [4.69, 9.17) is 11.6 Å². The third-order valence-electron chi connectivity index (χ3n) is 3.11. The molecule has 1 aromatic heterocycles. The summed E-state index contributed by atoms with van der Waals surface area (Å²) in [5, 5.41) is 0.504. The van der Waals surface area contributed by atoms with E-state index >= 15 is 0 Å². The van der Waals surface area contributed by atoms with Crippen LogP contribution in [0, 0.1) is 0 Å². The largest absolute Gasteiger partial charge is 0.598 e. The summed E-state index contributed by atoms with van der Waals surface area (Å²) >= 11 is 4.89. The molecule has 18 heavy (non-hydrogen) atoms. The van der Waals surface area contributed by atoms with Gasteiger partial charge in [0, 0.05) is 17.6 Å². The molecule has 1 heterocycles. The highest BCUT2D eigenvalue weighted by Crippen LogP contribution is 2.32. The molecule has 0 amide bonds. The summed E-state index contributed by atoms with van der Waals surface area (Å²) in [5.41, 5.74) is 2.37. The Morgan fingerprint density at radius 3 is 2.89 bits per heavy atom. The van der Waals surface area contributed by atoms with E-state index in [2.05, 4.69) is 9.71 Å². The van der Waals surface area contributed by atoms with Crippen molar-refractivity contribution in [1.29, 1.82) is 0 Å². The van der Waals surface area contributed by atoms with Gasteiger partial charge in [-0.15, -0.1) is 4.72 Å². The molecule has 3 nitrogen and oxygen atoms in total. The summed E-state index contributed by atoms with van der Waals surface area (Å²) in [6, 6.07) is 2.02. The van der Waals surface area contributed by atoms with Crippen LogP contribution in [0.2, 0.25) is 5.15 Å². The lowest BCUT2D eigenvalue weighted by Crippen LogP contribution is -2.42. The van der Waals surface area contributed by atoms with Crippen LogP contribution in [0.4, 0.5) is 0 Å². The van der Waals surface area contributed by atoms with Gasteiger partial charge < -0.3 is 4.55 Å². The standard InChI is InChI=1S/C13H19ClN2OS/c1-13(2,3)18(17)16-11-6-4-5-9-8-15-12(14)7-10(9)11/h7-8,11,16H,4-6H2,1-3H3/t11-,18-/m0/s1. The number of nitrogens with zero attached hydrogens (tertiary/aromatic N) is 1. The molecular weight excluding hydrogens is 268 g/mol. The molecule has 2 rings (SSSR count). The molecule has 1 aliphatic rings. The fraction of sp³-hybridized carbons (Fsp3) is 0.615. The Hall–Kier alpha value is -0.290. The quantitative estimate of drug-likeness (QED) is 0.671. The van der Waals surface area contributed by atoms with E-state index < -0.39 is 11.4 Å². The minimum Gasteiger partial charge on any atom is -0.598 e. The molecule has 1 aromatic rings. The van der Waals surface area contributed by atoms with Crippen LogP contribution in [0.25, 0.3) is 0 Å². The van der Waals surface area contributed by atoms with Crippen molar-refractivity contribution < 1.29 is 4.55 Å². The van der Waals surface area contributed by atoms with E-state index in [1.807, 2.05) is 33.0 Å². The van der Waals surface area contributed by atoms with Crippen LogP contribution in [-0.2, 0) is 17.8 Å². The first-order valence-electron chi connectivity index (χ1n) is 6.20. The first-order valence-corrected chi connectivity index (χ1v) is 7.73. The third kappa shape index (κ3) is 3.18. The van der Waals surface area contributed by atoms with Gasteiger partial charge in [-0.05, 0) is 57.2 Å². The van der Waals surface area contributed by atoms with Crippen molar-refractivity contribution in [3.63, 3.8) is 0 Å². The van der Waals surface area contributed by atoms with E-state index in [-0.39, 0.29) is 10.8 Å². The van der Waals surface area contributed by atoms with Gasteiger partial charge in [-0.3, -0.25) is 0 Å². The highest BCUT2D eigenvalue weighted by molar-refractivity contribution is 7.90. The van der Waals surface area contributed by atoms with Crippen molar-refractivity contribution in [2.45, 2.75) is 50.8 Å². The Balaban J connectivity index is 2.20. The van der Waals surface area contributed by atoms with E-state index in [1.165, 1.54) is 5.56 Å². The molecule has 0 aromatic carbocycles. The summed E-state index contributed by atoms with van der Waals surface area (Å²) in [5.74, 6) is 0. The molecule has 0 saturated heterocycles. The van der Waals surface area contributed by atoms with Crippen molar-refractivity contribution in [3.8, 4) is 0 Å². The van der Waals surface area contributed by atoms with Crippen LogP contribution in [-0.4, -0.2) is 14.3 Å². The first-order chi connectivity index (χ1) is 8.38. The van der Waals surface area contributed by atoms with Crippen LogP contribution in [0.1, 0.15) is 50.8 Å². The number of fused-ring (bicyclic) bond motifs is 1. The summed E-state index contributed by atoms with van der Waals surface area (Å²) in [4.78, 5) is 4.12. The van der Waals surface area contributed by atoms with Gasteiger partial charge in [-0.2, -0.15) is 0 Å². The molecule has 1 aliphatic carbocycles. The summed E-state index contributed by atoms with van der Waals surface area (Å²) in [6.45, 7) is 5.91. The second kappa shape index (κ2) is 5.37. The molecule has 0 saturated carbocycles. The summed E-state index contributed by atoms with van der Waals surface area (Å²) < 4.78 is 15.2. The highest BCUT2D eigenvalue weighted by Gasteiger charge is 2.31. The Labute approximate surface area is 117 Å². The van der Waals surface area contributed by atoms with Gasteiger partial charge in [-0.25, -0.2) is 4.98 Å². The number of pyridine rings is 1. The number of hydrogen-bond acceptors (Lipinski definition) is 3. The van der Waals surface area contributed by atoms with Gasteiger partial charge >= 0.3 is 0 Å². The van der Waals surface area contributed by atoms with Crippen LogP contribution >= 0.6 is 11.6 Å². The van der Waals surface area contributed by atoms with Crippen LogP contribution in [0.15, 0.2) is 12.3 Å². The predicted octanol–water partition coefficient (Wildman–Crippen LogP) is 3.16. The smallest absolute Gasteiger partial charge is 0.136 e. The second-order valence-electron chi connectivity index (χ2n) is 5.65. The minimum absolute atomic E-state index is 0.120. The minimum atomic E-state index is -1.06. The van der Waals surface area contributed by atoms with Gasteiger partial charge in [0.25, 0.3) is 0 Å². The zero-order chi connectivity index (χ0) is 13.3. The van der Waals surface area contributed by atoms with Crippen molar-refractivity contribution in [2.75, 3.05) is 0 Å². The third-order valence-corrected chi connectivity index (χ3v) is 4.93. The van der Waals surface area contributed by atoms with E-state index in [1.54, 1.807) is 0 Å². The number of halogens is 1. The zero-order valence-electron chi connectivity index (χ0n) is 11.0. The lowest BCUT2D eigenvalue weighted by molar-refractivity contribution is 0.488. The topological polar surface area (TPSA) is 48.0 Å². The van der Waals surface area contributed by atoms with Crippen molar-refractivity contribution in [3.05, 3.63) is 28.5 Å². The molecule has 1 N–H and O–H groups in total. The van der Waals surface area contributed by atoms with Crippen LogP contribution in [0.3, 0.4) is 0 Å². The molecule has 0 unspecified atom stereocenters. The fourth-order valence-corrected chi connectivity index (χ4v) is 3.11. The Bertz CT molecular complexity index is 433. The van der Waals surface area contributed by atoms with Crippen molar-refractivity contribution >= 4 is 23.0 Å². The van der Waals surface area contributed by atoms with Gasteiger partial charge in [-0.1, -0.05) is 11.6 Å². The van der Waals surface area contributed by atoms with Gasteiger partial charge in [0.05, 0.1) is 6.04 Å². The average Bonchev–Trinajstić information content (AvgIpc) is 2.28. The van der Waals surface area contributed by atoms with Crippen molar-refractivity contribution in [2.24, 2.45) is 0 Å². The summed E-state index contributed by atoms with van der Waals surface area (Å²) in [7, 11) is 0. The normalized spacial score (nSPS) is 21.5. The van der Waals surface area contributed by atoms with Gasteiger partial charge in [0.1, 0.15) is 9.90 Å². The number of nitrogens with one attached hydrogen (secondary N) is 1. The Kier molecular flexibility index (Phi) is 4.22. The molecule has 0 spiro atoms. The van der Waals surface area contributed by atoms with Crippen LogP contribution < -0.4 is 4.72 Å². The van der Waals surface area contributed by atoms with Gasteiger partial charge in [0.2, 0.25) is 0 Å². The Morgan fingerprint density at radius 2 is 2.22 bits per heavy atom. The molecule has 2 atom stereocenters. The summed E-state index contributed by atoms with van der Waals surface area (Å²) in [6.07, 6.45) is 4.95. The maximum atomic E-state index is 12.2. The number of rotatable bonds is 2. The maximum absolute atomic E-state index is 12.2.